The molecule has 1 aromatic carbocycles. The van der Waals surface area contributed by atoms with E-state index in [1.807, 2.05) is 0 Å². The fourth-order valence-electron chi connectivity index (χ4n) is 1.58. The van der Waals surface area contributed by atoms with Crippen LogP contribution < -0.4 is 11.0 Å². The number of nitrogens with zero attached hydrogens (tertiary/aromatic N) is 2. The molecule has 0 aliphatic rings. The van der Waals surface area contributed by atoms with E-state index < -0.39 is 17.3 Å². The summed E-state index contributed by atoms with van der Waals surface area (Å²) < 4.78 is 14.2. The van der Waals surface area contributed by atoms with Crippen molar-refractivity contribution in [2.24, 2.45) is 12.1 Å². The SMILES string of the molecule is Cn1cccc(C(=O)N/N=C\c2cccc(F)c2)c1=O. The van der Waals surface area contributed by atoms with Crippen LogP contribution in [0.4, 0.5) is 4.39 Å². The first-order valence-electron chi connectivity index (χ1n) is 5.82. The Labute approximate surface area is 114 Å². The molecule has 102 valence electrons. The summed E-state index contributed by atoms with van der Waals surface area (Å²) in [5.41, 5.74) is 2.32. The number of rotatable bonds is 3. The van der Waals surface area contributed by atoms with E-state index in [2.05, 4.69) is 10.5 Å². The van der Waals surface area contributed by atoms with E-state index in [1.54, 1.807) is 25.4 Å². The van der Waals surface area contributed by atoms with Crippen molar-refractivity contribution in [2.75, 3.05) is 0 Å². The van der Waals surface area contributed by atoms with Crippen LogP contribution in [-0.4, -0.2) is 16.7 Å². The van der Waals surface area contributed by atoms with E-state index >= 15 is 0 Å². The van der Waals surface area contributed by atoms with Gasteiger partial charge in [0.1, 0.15) is 11.4 Å². The summed E-state index contributed by atoms with van der Waals surface area (Å²) in [5, 5.41) is 3.69. The maximum Gasteiger partial charge on any atom is 0.276 e. The summed E-state index contributed by atoms with van der Waals surface area (Å²) in [7, 11) is 1.55. The predicted molar refractivity (Wildman–Crippen MR) is 73.1 cm³/mol. The maximum absolute atomic E-state index is 12.9. The molecular formula is C14H12FN3O2. The van der Waals surface area contributed by atoms with Gasteiger partial charge in [0.25, 0.3) is 11.5 Å². The number of nitrogens with one attached hydrogen (secondary N) is 1. The van der Waals surface area contributed by atoms with Gasteiger partial charge >= 0.3 is 0 Å². The van der Waals surface area contributed by atoms with Crippen LogP contribution >= 0.6 is 0 Å². The van der Waals surface area contributed by atoms with E-state index in [1.165, 1.54) is 35.0 Å². The number of aromatic nitrogens is 1. The van der Waals surface area contributed by atoms with E-state index in [0.717, 1.165) is 0 Å². The highest BCUT2D eigenvalue weighted by Gasteiger charge is 2.09. The second-order valence-corrected chi connectivity index (χ2v) is 4.09. The molecule has 0 fully saturated rings. The second-order valence-electron chi connectivity index (χ2n) is 4.09. The van der Waals surface area contributed by atoms with Crippen molar-refractivity contribution in [2.45, 2.75) is 0 Å². The van der Waals surface area contributed by atoms with Gasteiger partial charge in [0, 0.05) is 13.2 Å². The summed E-state index contributed by atoms with van der Waals surface area (Å²) in [4.78, 5) is 23.5. The minimum atomic E-state index is -0.612. The van der Waals surface area contributed by atoms with Gasteiger partial charge in [-0.1, -0.05) is 12.1 Å². The molecule has 2 rings (SSSR count). The first-order valence-corrected chi connectivity index (χ1v) is 5.82. The van der Waals surface area contributed by atoms with Crippen molar-refractivity contribution in [1.82, 2.24) is 9.99 Å². The molecule has 0 atom stereocenters. The van der Waals surface area contributed by atoms with Gasteiger partial charge in [-0.05, 0) is 29.8 Å². The number of carbonyl (C=O) groups is 1. The molecule has 0 saturated carbocycles. The van der Waals surface area contributed by atoms with Crippen molar-refractivity contribution in [3.63, 3.8) is 0 Å². The molecule has 0 aliphatic carbocycles. The van der Waals surface area contributed by atoms with Crippen molar-refractivity contribution >= 4 is 12.1 Å². The number of pyridine rings is 1. The lowest BCUT2D eigenvalue weighted by Gasteiger charge is -2.01. The maximum atomic E-state index is 12.9. The van der Waals surface area contributed by atoms with Crippen molar-refractivity contribution < 1.29 is 9.18 Å². The first-order chi connectivity index (χ1) is 9.58. The highest BCUT2D eigenvalue weighted by atomic mass is 19.1. The Morgan fingerprint density at radius 1 is 1.35 bits per heavy atom. The van der Waals surface area contributed by atoms with Gasteiger partial charge in [0.05, 0.1) is 6.21 Å². The molecule has 0 aliphatic heterocycles. The van der Waals surface area contributed by atoms with E-state index in [0.29, 0.717) is 5.56 Å². The highest BCUT2D eigenvalue weighted by molar-refractivity contribution is 5.94. The van der Waals surface area contributed by atoms with Crippen molar-refractivity contribution in [1.29, 1.82) is 0 Å². The van der Waals surface area contributed by atoms with E-state index in [4.69, 9.17) is 0 Å². The number of hydrogen-bond donors (Lipinski definition) is 1. The molecular weight excluding hydrogens is 261 g/mol. The molecule has 0 bridgehead atoms. The zero-order valence-electron chi connectivity index (χ0n) is 10.7. The Morgan fingerprint density at radius 3 is 2.90 bits per heavy atom. The number of hydrogen-bond acceptors (Lipinski definition) is 3. The Bertz CT molecular complexity index is 722. The fourth-order valence-corrected chi connectivity index (χ4v) is 1.58. The number of carbonyl (C=O) groups excluding carboxylic acids is 1. The van der Waals surface area contributed by atoms with Gasteiger partial charge in [-0.15, -0.1) is 0 Å². The number of hydrazone groups is 1. The molecule has 1 amide bonds. The normalized spacial score (nSPS) is 10.7. The lowest BCUT2D eigenvalue weighted by Crippen LogP contribution is -2.29. The monoisotopic (exact) mass is 273 g/mol. The van der Waals surface area contributed by atoms with Gasteiger partial charge in [-0.25, -0.2) is 9.82 Å². The molecule has 6 heteroatoms. The zero-order chi connectivity index (χ0) is 14.5. The second kappa shape index (κ2) is 5.92. The van der Waals surface area contributed by atoms with Crippen molar-refractivity contribution in [3.05, 3.63) is 69.9 Å². The minimum Gasteiger partial charge on any atom is -0.318 e. The number of halogens is 1. The van der Waals surface area contributed by atoms with Gasteiger partial charge < -0.3 is 4.57 Å². The lowest BCUT2D eigenvalue weighted by molar-refractivity contribution is 0.0953. The van der Waals surface area contributed by atoms with Gasteiger partial charge in [0.15, 0.2) is 0 Å². The molecule has 1 aromatic heterocycles. The number of amides is 1. The van der Waals surface area contributed by atoms with Crippen molar-refractivity contribution in [3.8, 4) is 0 Å². The van der Waals surface area contributed by atoms with Crippen LogP contribution in [0.2, 0.25) is 0 Å². The topological polar surface area (TPSA) is 63.5 Å². The first kappa shape index (κ1) is 13.7. The average Bonchev–Trinajstić information content (AvgIpc) is 2.42. The largest absolute Gasteiger partial charge is 0.318 e. The van der Waals surface area contributed by atoms with Crippen LogP contribution in [0.1, 0.15) is 15.9 Å². The Morgan fingerprint density at radius 2 is 2.15 bits per heavy atom. The number of aryl methyl sites for hydroxylation is 1. The number of benzene rings is 1. The summed E-state index contributed by atoms with van der Waals surface area (Å²) in [6.45, 7) is 0. The molecule has 20 heavy (non-hydrogen) atoms. The molecule has 2 aromatic rings. The van der Waals surface area contributed by atoms with E-state index in [-0.39, 0.29) is 5.56 Å². The van der Waals surface area contributed by atoms with Crippen LogP contribution in [0, 0.1) is 5.82 Å². The van der Waals surface area contributed by atoms with Gasteiger partial charge in [-0.3, -0.25) is 9.59 Å². The van der Waals surface area contributed by atoms with Crippen LogP contribution in [0.25, 0.3) is 0 Å². The predicted octanol–water partition coefficient (Wildman–Crippen LogP) is 1.29. The Balaban J connectivity index is 2.09. The molecule has 0 saturated heterocycles. The highest BCUT2D eigenvalue weighted by Crippen LogP contribution is 2.00. The third-order valence-corrected chi connectivity index (χ3v) is 2.60. The van der Waals surface area contributed by atoms with Crippen LogP contribution in [0.3, 0.4) is 0 Å². The third-order valence-electron chi connectivity index (χ3n) is 2.60. The van der Waals surface area contributed by atoms with E-state index in [9.17, 15) is 14.0 Å². The smallest absolute Gasteiger partial charge is 0.276 e. The Hall–Kier alpha value is -2.76. The standard InChI is InChI=1S/C14H12FN3O2/c1-18-7-3-6-12(14(18)20)13(19)17-16-9-10-4-2-5-11(15)8-10/h2-9H,1H3,(H,17,19)/b16-9-. The molecule has 0 radical (unpaired) electrons. The summed E-state index contributed by atoms with van der Waals surface area (Å²) in [6.07, 6.45) is 2.85. The summed E-state index contributed by atoms with van der Waals surface area (Å²) >= 11 is 0. The Kier molecular flexibility index (Phi) is 4.05. The molecule has 1 N–H and O–H groups in total. The summed E-state index contributed by atoms with van der Waals surface area (Å²) in [5.74, 6) is -1.00. The van der Waals surface area contributed by atoms with Crippen LogP contribution in [0.5, 0.6) is 0 Å². The van der Waals surface area contributed by atoms with Crippen LogP contribution in [0.15, 0.2) is 52.5 Å². The fraction of sp³-hybridized carbons (Fsp3) is 0.0714. The average molecular weight is 273 g/mol. The minimum absolute atomic E-state index is 0.00797. The third kappa shape index (κ3) is 3.17. The molecule has 0 spiro atoms. The molecule has 1 heterocycles. The lowest BCUT2D eigenvalue weighted by atomic mass is 10.2. The van der Waals surface area contributed by atoms with Crippen LogP contribution in [-0.2, 0) is 7.05 Å². The zero-order valence-corrected chi connectivity index (χ0v) is 10.7. The quantitative estimate of drug-likeness (QED) is 0.676. The molecule has 0 unspecified atom stereocenters. The van der Waals surface area contributed by atoms with Gasteiger partial charge in [-0.2, -0.15) is 5.10 Å². The van der Waals surface area contributed by atoms with Gasteiger partial charge in [0.2, 0.25) is 0 Å². The molecule has 5 nitrogen and oxygen atoms in total. The summed E-state index contributed by atoms with van der Waals surface area (Å²) in [6, 6.07) is 8.76.